The third-order valence-electron chi connectivity index (χ3n) is 6.32. The van der Waals surface area contributed by atoms with E-state index in [1.165, 1.54) is 36.7 Å². The summed E-state index contributed by atoms with van der Waals surface area (Å²) < 4.78 is 43.9. The van der Waals surface area contributed by atoms with Crippen LogP contribution >= 0.6 is 0 Å². The van der Waals surface area contributed by atoms with Crippen molar-refractivity contribution in [3.8, 4) is 11.5 Å². The molecule has 1 atom stereocenters. The molecule has 11 nitrogen and oxygen atoms in total. The van der Waals surface area contributed by atoms with Crippen LogP contribution in [0.4, 0.5) is 17.1 Å². The van der Waals surface area contributed by atoms with Gasteiger partial charge in [0, 0.05) is 57.2 Å². The molecule has 0 saturated carbocycles. The molecule has 0 radical (unpaired) electrons. The van der Waals surface area contributed by atoms with E-state index in [1.54, 1.807) is 18.2 Å². The van der Waals surface area contributed by atoms with Gasteiger partial charge < -0.3 is 24.4 Å². The number of nitrogens with one attached hydrogen (secondary N) is 1. The van der Waals surface area contributed by atoms with Gasteiger partial charge in [0.05, 0.1) is 30.1 Å². The standard InChI is InChI=1S/C23H30N4O7S/c1-32-22-8-6-19(15-23(22)33-2)35(30,31)26-11-9-25(10-12-26)17-5-7-21(27(28)29)20(14-17)24-16-18-4-3-13-34-18/h5-8,14-15,18,24H,3-4,9-13,16H2,1-2H3. The van der Waals surface area contributed by atoms with Crippen LogP contribution in [0.15, 0.2) is 41.3 Å². The summed E-state index contributed by atoms with van der Waals surface area (Å²) in [6.07, 6.45) is 1.96. The maximum absolute atomic E-state index is 13.2. The minimum Gasteiger partial charge on any atom is -0.493 e. The first-order chi connectivity index (χ1) is 16.8. The molecule has 190 valence electrons. The van der Waals surface area contributed by atoms with Gasteiger partial charge in [-0.15, -0.1) is 0 Å². The van der Waals surface area contributed by atoms with Crippen molar-refractivity contribution in [2.75, 3.05) is 63.8 Å². The molecule has 0 amide bonds. The Morgan fingerprint density at radius 3 is 2.46 bits per heavy atom. The Kier molecular flexibility index (Phi) is 7.63. The SMILES string of the molecule is COc1ccc(S(=O)(=O)N2CCN(c3ccc([N+](=O)[O-])c(NCC4CCCO4)c3)CC2)cc1OC. The number of piperazine rings is 1. The normalized spacial score (nSPS) is 18.9. The van der Waals surface area contributed by atoms with E-state index in [0.29, 0.717) is 43.4 Å². The topological polar surface area (TPSA) is 123 Å². The fourth-order valence-corrected chi connectivity index (χ4v) is 5.80. The van der Waals surface area contributed by atoms with Gasteiger partial charge in [0.25, 0.3) is 5.69 Å². The number of benzene rings is 2. The van der Waals surface area contributed by atoms with Crippen LogP contribution in [-0.2, 0) is 14.8 Å². The van der Waals surface area contributed by atoms with Crippen molar-refractivity contribution in [3.05, 3.63) is 46.5 Å². The first-order valence-corrected chi connectivity index (χ1v) is 12.9. The fraction of sp³-hybridized carbons (Fsp3) is 0.478. The number of hydrogen-bond acceptors (Lipinski definition) is 9. The summed E-state index contributed by atoms with van der Waals surface area (Å²) in [7, 11) is -0.761. The van der Waals surface area contributed by atoms with Crippen molar-refractivity contribution < 1.29 is 27.6 Å². The third kappa shape index (κ3) is 5.44. The molecule has 2 aromatic rings. The fourth-order valence-electron chi connectivity index (χ4n) is 4.36. The van der Waals surface area contributed by atoms with E-state index >= 15 is 0 Å². The molecule has 2 aliphatic heterocycles. The van der Waals surface area contributed by atoms with Gasteiger partial charge in [0.1, 0.15) is 5.69 Å². The predicted octanol–water partition coefficient (Wildman–Crippen LogP) is 2.71. The summed E-state index contributed by atoms with van der Waals surface area (Å²) in [5, 5.41) is 14.7. The van der Waals surface area contributed by atoms with Crippen molar-refractivity contribution in [2.24, 2.45) is 0 Å². The minimum absolute atomic E-state index is 0.00131. The predicted molar refractivity (Wildman–Crippen MR) is 131 cm³/mol. The van der Waals surface area contributed by atoms with Crippen LogP contribution < -0.4 is 19.7 Å². The van der Waals surface area contributed by atoms with Crippen molar-refractivity contribution >= 4 is 27.1 Å². The summed E-state index contributed by atoms with van der Waals surface area (Å²) in [5.41, 5.74) is 1.23. The average molecular weight is 507 g/mol. The third-order valence-corrected chi connectivity index (χ3v) is 8.21. The molecule has 0 aromatic heterocycles. The molecule has 1 unspecified atom stereocenters. The van der Waals surface area contributed by atoms with E-state index in [2.05, 4.69) is 5.32 Å². The zero-order chi connectivity index (χ0) is 25.0. The summed E-state index contributed by atoms with van der Waals surface area (Å²) >= 11 is 0. The highest BCUT2D eigenvalue weighted by Gasteiger charge is 2.30. The molecule has 0 aliphatic carbocycles. The molecule has 2 aromatic carbocycles. The van der Waals surface area contributed by atoms with Gasteiger partial charge in [-0.2, -0.15) is 4.31 Å². The summed E-state index contributed by atoms with van der Waals surface area (Å²) in [6.45, 7) is 2.69. The lowest BCUT2D eigenvalue weighted by atomic mass is 10.2. The quantitative estimate of drug-likeness (QED) is 0.404. The number of sulfonamides is 1. The Bertz CT molecular complexity index is 1160. The van der Waals surface area contributed by atoms with E-state index in [0.717, 1.165) is 18.5 Å². The Morgan fingerprint density at radius 1 is 1.09 bits per heavy atom. The molecule has 2 heterocycles. The number of methoxy groups -OCH3 is 2. The maximum Gasteiger partial charge on any atom is 0.292 e. The molecule has 0 bridgehead atoms. The van der Waals surface area contributed by atoms with Crippen molar-refractivity contribution in [2.45, 2.75) is 23.8 Å². The van der Waals surface area contributed by atoms with Crippen LogP contribution in [0.25, 0.3) is 0 Å². The second kappa shape index (κ2) is 10.7. The smallest absolute Gasteiger partial charge is 0.292 e. The van der Waals surface area contributed by atoms with Gasteiger partial charge in [-0.1, -0.05) is 0 Å². The molecular formula is C23H30N4O7S. The lowest BCUT2D eigenvalue weighted by Gasteiger charge is -2.35. The molecule has 12 heteroatoms. The largest absolute Gasteiger partial charge is 0.493 e. The molecule has 2 fully saturated rings. The van der Waals surface area contributed by atoms with E-state index in [-0.39, 0.29) is 29.8 Å². The van der Waals surface area contributed by atoms with Crippen LogP contribution in [0.3, 0.4) is 0 Å². The second-order valence-corrected chi connectivity index (χ2v) is 10.3. The highest BCUT2D eigenvalue weighted by molar-refractivity contribution is 7.89. The first kappa shape index (κ1) is 25.0. The van der Waals surface area contributed by atoms with Crippen molar-refractivity contribution in [3.63, 3.8) is 0 Å². The lowest BCUT2D eigenvalue weighted by Crippen LogP contribution is -2.48. The van der Waals surface area contributed by atoms with Crippen LogP contribution in [0, 0.1) is 10.1 Å². The van der Waals surface area contributed by atoms with Crippen LogP contribution in [0.2, 0.25) is 0 Å². The van der Waals surface area contributed by atoms with Gasteiger partial charge in [-0.25, -0.2) is 8.42 Å². The van der Waals surface area contributed by atoms with E-state index in [9.17, 15) is 18.5 Å². The van der Waals surface area contributed by atoms with Crippen molar-refractivity contribution in [1.29, 1.82) is 0 Å². The minimum atomic E-state index is -3.71. The number of nitrogens with zero attached hydrogens (tertiary/aromatic N) is 3. The van der Waals surface area contributed by atoms with Crippen LogP contribution in [-0.4, -0.2) is 77.3 Å². The summed E-state index contributed by atoms with van der Waals surface area (Å²) in [4.78, 5) is 13.3. The Hall–Kier alpha value is -3.09. The van der Waals surface area contributed by atoms with E-state index in [1.807, 2.05) is 4.90 Å². The molecule has 4 rings (SSSR count). The maximum atomic E-state index is 13.2. The molecule has 35 heavy (non-hydrogen) atoms. The van der Waals surface area contributed by atoms with Crippen LogP contribution in [0.1, 0.15) is 12.8 Å². The number of nitro groups is 1. The summed E-state index contributed by atoms with van der Waals surface area (Å²) in [5.74, 6) is 0.805. The van der Waals surface area contributed by atoms with Gasteiger partial charge in [0.15, 0.2) is 11.5 Å². The molecule has 2 saturated heterocycles. The zero-order valence-electron chi connectivity index (χ0n) is 19.8. The first-order valence-electron chi connectivity index (χ1n) is 11.4. The molecule has 0 spiro atoms. The van der Waals surface area contributed by atoms with Gasteiger partial charge in [-0.05, 0) is 37.1 Å². The average Bonchev–Trinajstić information content (AvgIpc) is 3.40. The molecule has 2 aliphatic rings. The lowest BCUT2D eigenvalue weighted by molar-refractivity contribution is -0.383. The van der Waals surface area contributed by atoms with E-state index in [4.69, 9.17) is 14.2 Å². The number of rotatable bonds is 9. The zero-order valence-corrected chi connectivity index (χ0v) is 20.6. The molecule has 1 N–H and O–H groups in total. The van der Waals surface area contributed by atoms with Gasteiger partial charge >= 0.3 is 0 Å². The highest BCUT2D eigenvalue weighted by atomic mass is 32.2. The Balaban J connectivity index is 1.46. The Morgan fingerprint density at radius 2 is 1.83 bits per heavy atom. The number of hydrogen-bond donors (Lipinski definition) is 1. The van der Waals surface area contributed by atoms with Crippen molar-refractivity contribution in [1.82, 2.24) is 4.31 Å². The van der Waals surface area contributed by atoms with Gasteiger partial charge in [-0.3, -0.25) is 10.1 Å². The number of nitro benzene ring substituents is 1. The number of ether oxygens (including phenoxy) is 3. The van der Waals surface area contributed by atoms with Crippen LogP contribution in [0.5, 0.6) is 11.5 Å². The highest BCUT2D eigenvalue weighted by Crippen LogP contribution is 2.33. The number of anilines is 2. The monoisotopic (exact) mass is 506 g/mol. The Labute approximate surface area is 204 Å². The molecular weight excluding hydrogens is 476 g/mol. The van der Waals surface area contributed by atoms with E-state index < -0.39 is 14.9 Å². The second-order valence-electron chi connectivity index (χ2n) is 8.38. The van der Waals surface area contributed by atoms with Gasteiger partial charge in [0.2, 0.25) is 10.0 Å². The summed E-state index contributed by atoms with van der Waals surface area (Å²) in [6, 6.07) is 9.48.